The van der Waals surface area contributed by atoms with Gasteiger partial charge < -0.3 is 4.57 Å². The summed E-state index contributed by atoms with van der Waals surface area (Å²) in [5.74, 6) is 1.37. The van der Waals surface area contributed by atoms with Crippen molar-refractivity contribution in [3.05, 3.63) is 206 Å². The maximum absolute atomic E-state index is 9.36. The Balaban J connectivity index is 1.17. The van der Waals surface area contributed by atoms with Crippen molar-refractivity contribution < 1.29 is 16.4 Å². The lowest BCUT2D eigenvalue weighted by molar-refractivity contribution is 1.07. The van der Waals surface area contributed by atoms with Gasteiger partial charge in [-0.3, -0.25) is 0 Å². The molecule has 8 aromatic carbocycles. The molecule has 0 aliphatic heterocycles. The highest BCUT2D eigenvalue weighted by atomic mass is 15.0. The Morgan fingerprint density at radius 1 is 0.364 bits per heavy atom. The molecule has 4 nitrogen and oxygen atoms in total. The van der Waals surface area contributed by atoms with E-state index in [0.717, 1.165) is 26.8 Å². The molecule has 0 fully saturated rings. The summed E-state index contributed by atoms with van der Waals surface area (Å²) in [4.78, 5) is 14.8. The molecule has 2 aromatic heterocycles. The lowest BCUT2D eigenvalue weighted by atomic mass is 9.96. The number of hydrogen-bond acceptors (Lipinski definition) is 3. The van der Waals surface area contributed by atoms with Gasteiger partial charge in [0.05, 0.1) is 27.5 Å². The predicted octanol–water partition coefficient (Wildman–Crippen LogP) is 13.0. The van der Waals surface area contributed by atoms with Crippen molar-refractivity contribution in [2.24, 2.45) is 0 Å². The van der Waals surface area contributed by atoms with Gasteiger partial charge in [-0.05, 0) is 58.1 Å². The summed E-state index contributed by atoms with van der Waals surface area (Å²) < 4.78 is 107. The molecule has 0 aliphatic rings. The quantitative estimate of drug-likeness (QED) is 0.165. The van der Waals surface area contributed by atoms with E-state index in [9.17, 15) is 1.37 Å². The van der Waals surface area contributed by atoms with Crippen LogP contribution in [-0.2, 0) is 0 Å². The summed E-state index contributed by atoms with van der Waals surface area (Å²) in [6, 6.07) is 35.0. The van der Waals surface area contributed by atoms with Gasteiger partial charge in [0.2, 0.25) is 0 Å². The van der Waals surface area contributed by atoms with Crippen LogP contribution in [0.5, 0.6) is 0 Å². The average molecular weight is 715 g/mol. The Kier molecular flexibility index (Phi) is 5.52. The normalized spacial score (nSPS) is 14.3. The maximum Gasteiger partial charge on any atom is 0.164 e. The van der Waals surface area contributed by atoms with Gasteiger partial charge in [0.15, 0.2) is 17.5 Å². The first-order chi connectivity index (χ1) is 32.2. The Hall–Kier alpha value is -7.43. The minimum atomic E-state index is -0.688. The van der Waals surface area contributed by atoms with Crippen LogP contribution in [0.15, 0.2) is 206 Å². The van der Waals surface area contributed by atoms with Crippen LogP contribution in [-0.4, -0.2) is 19.5 Å². The highest BCUT2D eigenvalue weighted by molar-refractivity contribution is 6.13. The zero-order chi connectivity index (χ0) is 47.0. The fourth-order valence-corrected chi connectivity index (χ4v) is 6.84. The number of rotatable bonds is 7. The number of aromatic nitrogens is 4. The maximum atomic E-state index is 9.36. The van der Waals surface area contributed by atoms with E-state index >= 15 is 0 Å². The van der Waals surface area contributed by atoms with E-state index in [-0.39, 0.29) is 27.4 Å². The monoisotopic (exact) mass is 714 g/mol. The summed E-state index contributed by atoms with van der Waals surface area (Å²) in [7, 11) is 0. The molecule has 0 aliphatic carbocycles. The molecule has 0 bridgehead atoms. The van der Waals surface area contributed by atoms with Crippen LogP contribution in [0.3, 0.4) is 0 Å². The molecule has 10 rings (SSSR count). The molecule has 0 amide bonds. The van der Waals surface area contributed by atoms with Gasteiger partial charge in [0.1, 0.15) is 0 Å². The fraction of sp³-hybridized carbons (Fsp3) is 0. The molecule has 0 saturated heterocycles. The second-order valence-corrected chi connectivity index (χ2v) is 12.8. The van der Waals surface area contributed by atoms with Crippen LogP contribution in [0.1, 0.15) is 16.4 Å². The van der Waals surface area contributed by atoms with Gasteiger partial charge in [-0.25, -0.2) is 15.0 Å². The Morgan fingerprint density at radius 3 is 1.56 bits per heavy atom. The van der Waals surface area contributed by atoms with Crippen LogP contribution in [0.25, 0.3) is 95.0 Å². The van der Waals surface area contributed by atoms with Crippen molar-refractivity contribution in [3.63, 3.8) is 0 Å². The number of benzene rings is 8. The van der Waals surface area contributed by atoms with Gasteiger partial charge in [0.25, 0.3) is 0 Å². The smallest absolute Gasteiger partial charge is 0.164 e. The molecule has 10 aromatic rings. The van der Waals surface area contributed by atoms with Crippen molar-refractivity contribution in [2.45, 2.75) is 0 Å². The minimum Gasteiger partial charge on any atom is -0.309 e. The SMILES string of the molecule is [2H]c1c([2H])c([2H])c(-n2c3c([2H])c([2H])c([2H])c([2H])c3c3c([2H])c([2H])c([2H])c(-c4cccc(-c5cccc(-c6nc(-c7ccccc7)nc(-c7ccc(-c8ccccc8)cc7)n6)c5)c4)c32)c([2H])c1[2H]. The van der Waals surface area contributed by atoms with Crippen LogP contribution < -0.4 is 0 Å². The topological polar surface area (TPSA) is 43.6 Å². The second-order valence-electron chi connectivity index (χ2n) is 12.8. The number of hydrogen-bond donors (Lipinski definition) is 0. The zero-order valence-corrected chi connectivity index (χ0v) is 29.0. The van der Waals surface area contributed by atoms with Crippen LogP contribution >= 0.6 is 0 Å². The van der Waals surface area contributed by atoms with E-state index in [4.69, 9.17) is 30.0 Å². The number of fused-ring (bicyclic) bond motifs is 3. The third-order valence-electron chi connectivity index (χ3n) is 9.45. The average Bonchev–Trinajstić information content (AvgIpc) is 3.71. The standard InChI is InChI=1S/C51H34N4/c1-4-15-35(16-5-1)36-29-31-38(32-30-36)50-52-49(37-17-6-2-7-18-37)53-51(54-50)42-22-13-20-40(34-42)39-19-12-21-41(33-39)44-26-14-27-46-45-25-10-11-28-47(45)55(48(44)46)43-23-8-3-9-24-43/h1-34H/i3D,8D,9D,10D,11D,14D,23D,24D,25D,26D,27D,28D. The molecule has 2 heterocycles. The van der Waals surface area contributed by atoms with E-state index in [0.29, 0.717) is 39.7 Å². The first-order valence-corrected chi connectivity index (χ1v) is 17.5. The highest BCUT2D eigenvalue weighted by Crippen LogP contribution is 2.39. The Labute approximate surface area is 336 Å². The van der Waals surface area contributed by atoms with E-state index in [1.807, 2.05) is 115 Å². The molecule has 258 valence electrons. The van der Waals surface area contributed by atoms with E-state index in [1.54, 1.807) is 18.2 Å². The van der Waals surface area contributed by atoms with Crippen LogP contribution in [0, 0.1) is 0 Å². The molecule has 0 spiro atoms. The van der Waals surface area contributed by atoms with Gasteiger partial charge in [-0.1, -0.05) is 176 Å². The molecular weight excluding hydrogens is 669 g/mol. The number of nitrogens with zero attached hydrogens (tertiary/aromatic N) is 4. The summed E-state index contributed by atoms with van der Waals surface area (Å²) in [6.45, 7) is 0. The van der Waals surface area contributed by atoms with E-state index in [1.165, 1.54) is 0 Å². The predicted molar refractivity (Wildman–Crippen MR) is 227 cm³/mol. The first-order valence-electron chi connectivity index (χ1n) is 23.5. The van der Waals surface area contributed by atoms with Crippen LogP contribution in [0.2, 0.25) is 0 Å². The van der Waals surface area contributed by atoms with Gasteiger partial charge in [-0.15, -0.1) is 0 Å². The molecule has 0 N–H and O–H groups in total. The number of para-hydroxylation sites is 3. The molecular formula is C51H34N4. The molecule has 4 heteroatoms. The van der Waals surface area contributed by atoms with Crippen molar-refractivity contribution in [2.75, 3.05) is 0 Å². The minimum absolute atomic E-state index is 0.0155. The highest BCUT2D eigenvalue weighted by Gasteiger charge is 2.17. The van der Waals surface area contributed by atoms with Gasteiger partial charge in [0, 0.05) is 38.7 Å². The van der Waals surface area contributed by atoms with Gasteiger partial charge in [-0.2, -0.15) is 0 Å². The molecule has 55 heavy (non-hydrogen) atoms. The summed E-state index contributed by atoms with van der Waals surface area (Å²) in [5.41, 5.74) is 5.34. The second kappa shape index (κ2) is 13.8. The van der Waals surface area contributed by atoms with E-state index in [2.05, 4.69) is 0 Å². The third-order valence-corrected chi connectivity index (χ3v) is 9.45. The van der Waals surface area contributed by atoms with Crippen molar-refractivity contribution in [3.8, 4) is 73.2 Å². The largest absolute Gasteiger partial charge is 0.309 e. The summed E-state index contributed by atoms with van der Waals surface area (Å²) >= 11 is 0. The molecule has 0 saturated carbocycles. The van der Waals surface area contributed by atoms with E-state index < -0.39 is 78.2 Å². The lowest BCUT2D eigenvalue weighted by Gasteiger charge is -2.13. The molecule has 0 atom stereocenters. The molecule has 0 radical (unpaired) electrons. The van der Waals surface area contributed by atoms with Crippen LogP contribution in [0.4, 0.5) is 0 Å². The first kappa shape index (κ1) is 21.9. The Morgan fingerprint density at radius 2 is 0.855 bits per heavy atom. The van der Waals surface area contributed by atoms with Crippen molar-refractivity contribution in [1.29, 1.82) is 0 Å². The zero-order valence-electron chi connectivity index (χ0n) is 41.0. The van der Waals surface area contributed by atoms with Gasteiger partial charge >= 0.3 is 0 Å². The summed E-state index contributed by atoms with van der Waals surface area (Å²) in [5, 5.41) is -0.318. The van der Waals surface area contributed by atoms with Crippen molar-refractivity contribution >= 4 is 21.8 Å². The van der Waals surface area contributed by atoms with Crippen molar-refractivity contribution in [1.82, 2.24) is 19.5 Å². The Bertz CT molecular complexity index is 3630. The summed E-state index contributed by atoms with van der Waals surface area (Å²) in [6.07, 6.45) is 0. The lowest BCUT2D eigenvalue weighted by Crippen LogP contribution is -2.00. The fourth-order valence-electron chi connectivity index (χ4n) is 6.84. The third kappa shape index (κ3) is 6.06. The molecule has 0 unspecified atom stereocenters.